The van der Waals surface area contributed by atoms with E-state index in [4.69, 9.17) is 28.4 Å². The van der Waals surface area contributed by atoms with Gasteiger partial charge in [0.15, 0.2) is 12.6 Å². The summed E-state index contributed by atoms with van der Waals surface area (Å²) in [5, 5.41) is 72.4. The highest BCUT2D eigenvalue weighted by Gasteiger charge is 2.47. The predicted molar refractivity (Wildman–Crippen MR) is 303 cm³/mol. The van der Waals surface area contributed by atoms with Gasteiger partial charge in [0.2, 0.25) is 0 Å². The van der Waals surface area contributed by atoms with Gasteiger partial charge in [0.25, 0.3) is 0 Å². The Balaban J connectivity index is 1.69. The summed E-state index contributed by atoms with van der Waals surface area (Å²) < 4.78 is 34.5. The van der Waals surface area contributed by atoms with Crippen molar-refractivity contribution in [2.24, 2.45) is 0 Å². The van der Waals surface area contributed by atoms with E-state index in [2.05, 4.69) is 62.5 Å². The molecule has 2 heterocycles. The molecule has 0 aromatic rings. The van der Waals surface area contributed by atoms with E-state index in [9.17, 15) is 40.5 Å². The molecular weight excluding hydrogens is 969 g/mol. The van der Waals surface area contributed by atoms with Crippen molar-refractivity contribution in [2.45, 2.75) is 306 Å². The lowest BCUT2D eigenvalue weighted by molar-refractivity contribution is -0.332. The van der Waals surface area contributed by atoms with Crippen LogP contribution < -0.4 is 0 Å². The Morgan fingerprint density at radius 1 is 0.447 bits per heavy atom. The van der Waals surface area contributed by atoms with Crippen LogP contribution in [-0.2, 0) is 33.2 Å². The highest BCUT2D eigenvalue weighted by molar-refractivity contribution is 5.69. The predicted octanol–water partition coefficient (Wildman–Crippen LogP) is 11.5. The van der Waals surface area contributed by atoms with Crippen LogP contribution in [-0.4, -0.2) is 142 Å². The molecule has 444 valence electrons. The van der Waals surface area contributed by atoms with Crippen LogP contribution in [0, 0.1) is 0 Å². The van der Waals surface area contributed by atoms with E-state index in [1.165, 1.54) is 141 Å². The molecule has 2 aliphatic heterocycles. The summed E-state index contributed by atoms with van der Waals surface area (Å²) in [6, 6.07) is 0. The van der Waals surface area contributed by atoms with E-state index in [1.54, 1.807) is 0 Å². The molecule has 11 unspecified atom stereocenters. The van der Waals surface area contributed by atoms with Gasteiger partial charge < -0.3 is 64.2 Å². The normalized spacial score (nSPS) is 24.8. The Labute approximate surface area is 461 Å². The van der Waals surface area contributed by atoms with E-state index in [0.717, 1.165) is 70.6 Å². The lowest BCUT2D eigenvalue weighted by Gasteiger charge is -2.42. The van der Waals surface area contributed by atoms with Gasteiger partial charge in [-0.05, 0) is 51.4 Å². The molecule has 0 saturated carbocycles. The summed E-state index contributed by atoms with van der Waals surface area (Å²) in [5.41, 5.74) is 0. The molecule has 0 radical (unpaired) electrons. The van der Waals surface area contributed by atoms with Crippen molar-refractivity contribution >= 4 is 5.97 Å². The number of ether oxygens (including phenoxy) is 6. The monoisotopic (exact) mass is 1080 g/mol. The highest BCUT2D eigenvalue weighted by Crippen LogP contribution is 2.27. The fraction of sp³-hybridized carbons (Fsp3) is 0.855. The summed E-state index contributed by atoms with van der Waals surface area (Å²) in [6.45, 7) is 3.60. The zero-order valence-corrected chi connectivity index (χ0v) is 47.7. The number of esters is 1. The Kier molecular flexibility index (Phi) is 45.0. The van der Waals surface area contributed by atoms with Crippen molar-refractivity contribution in [1.29, 1.82) is 0 Å². The third kappa shape index (κ3) is 34.8. The Morgan fingerprint density at radius 3 is 1.34 bits per heavy atom. The van der Waals surface area contributed by atoms with Crippen molar-refractivity contribution in [1.82, 2.24) is 0 Å². The summed E-state index contributed by atoms with van der Waals surface area (Å²) in [5.74, 6) is -0.374. The van der Waals surface area contributed by atoms with Crippen molar-refractivity contribution in [2.75, 3.05) is 33.0 Å². The van der Waals surface area contributed by atoms with Gasteiger partial charge in [0.1, 0.15) is 54.9 Å². The second kappa shape index (κ2) is 48.8. The van der Waals surface area contributed by atoms with Crippen LogP contribution in [0.2, 0.25) is 0 Å². The molecule has 0 bridgehead atoms. The average Bonchev–Trinajstić information content (AvgIpc) is 3.42. The van der Waals surface area contributed by atoms with Crippen LogP contribution in [0.1, 0.15) is 239 Å². The Morgan fingerprint density at radius 2 is 0.855 bits per heavy atom. The number of hydrogen-bond acceptors (Lipinski definition) is 14. The molecule has 0 aromatic carbocycles. The molecule has 14 heteroatoms. The first kappa shape index (κ1) is 70.1. The van der Waals surface area contributed by atoms with E-state index in [-0.39, 0.29) is 25.6 Å². The molecule has 7 N–H and O–H groups in total. The van der Waals surface area contributed by atoms with Gasteiger partial charge >= 0.3 is 5.97 Å². The minimum absolute atomic E-state index is 0.0591. The number of aliphatic hydroxyl groups excluding tert-OH is 7. The number of carbonyl (C=O) groups is 1. The van der Waals surface area contributed by atoms with E-state index in [0.29, 0.717) is 13.0 Å². The van der Waals surface area contributed by atoms with Crippen LogP contribution in [0.3, 0.4) is 0 Å². The zero-order chi connectivity index (χ0) is 55.1. The second-order valence-electron chi connectivity index (χ2n) is 21.5. The molecule has 76 heavy (non-hydrogen) atoms. The van der Waals surface area contributed by atoms with Crippen molar-refractivity contribution in [3.05, 3.63) is 48.6 Å². The third-order valence-corrected chi connectivity index (χ3v) is 14.6. The van der Waals surface area contributed by atoms with Crippen molar-refractivity contribution < 1.29 is 69.0 Å². The summed E-state index contributed by atoms with van der Waals surface area (Å²) in [6.07, 6.45) is 43.1. The second-order valence-corrected chi connectivity index (χ2v) is 21.5. The van der Waals surface area contributed by atoms with Gasteiger partial charge in [-0.1, -0.05) is 229 Å². The molecule has 2 aliphatic rings. The molecule has 0 aliphatic carbocycles. The molecule has 0 amide bonds. The van der Waals surface area contributed by atoms with Gasteiger partial charge in [-0.3, -0.25) is 4.79 Å². The van der Waals surface area contributed by atoms with Gasteiger partial charge in [-0.2, -0.15) is 0 Å². The number of unbranched alkanes of at least 4 members (excludes halogenated alkanes) is 28. The van der Waals surface area contributed by atoms with Crippen molar-refractivity contribution in [3.63, 3.8) is 0 Å². The third-order valence-electron chi connectivity index (χ3n) is 14.6. The molecule has 2 fully saturated rings. The fourth-order valence-corrected chi connectivity index (χ4v) is 9.69. The van der Waals surface area contributed by atoms with Crippen LogP contribution in [0.15, 0.2) is 48.6 Å². The average molecular weight is 1080 g/mol. The molecule has 0 spiro atoms. The topological polar surface area (TPSA) is 214 Å². The number of allylic oxidation sites excluding steroid dienone is 8. The number of hydrogen-bond donors (Lipinski definition) is 7. The first-order valence-corrected chi connectivity index (χ1v) is 30.7. The van der Waals surface area contributed by atoms with Gasteiger partial charge in [0, 0.05) is 13.0 Å². The van der Waals surface area contributed by atoms with Gasteiger partial charge in [-0.25, -0.2) is 0 Å². The van der Waals surface area contributed by atoms with Crippen LogP contribution in [0.4, 0.5) is 0 Å². The SMILES string of the molecule is CC/C=C\C/C=C\C/C=C\C/C=C\CCCCCCCCCCCOCC(COC1OC(COC2OC(CO)C(O)C(O)C2O)C(O)C(O)C1O)OC(=O)CCCCCCCCCCCCCCCCCCCCCC. The maximum Gasteiger partial charge on any atom is 0.306 e. The Hall–Kier alpha value is -2.05. The molecule has 11 atom stereocenters. The smallest absolute Gasteiger partial charge is 0.306 e. The van der Waals surface area contributed by atoms with Gasteiger partial charge in [-0.15, -0.1) is 0 Å². The van der Waals surface area contributed by atoms with E-state index < -0.39 is 80.7 Å². The molecule has 14 nitrogen and oxygen atoms in total. The van der Waals surface area contributed by atoms with Crippen LogP contribution >= 0.6 is 0 Å². The molecule has 2 rings (SSSR count). The quantitative estimate of drug-likeness (QED) is 0.0172. The number of carbonyl (C=O) groups excluding carboxylic acids is 1. The van der Waals surface area contributed by atoms with Crippen LogP contribution in [0.25, 0.3) is 0 Å². The Bertz CT molecular complexity index is 1440. The molecular formula is C62H112O14. The fourth-order valence-electron chi connectivity index (χ4n) is 9.69. The standard InChI is InChI=1S/C62H112O14/c1-3-5-7-9-11-13-15-17-19-21-23-25-26-28-30-32-34-36-38-40-42-44-46-71-48-51(74-54(64)45-43-41-39-37-35-33-31-29-27-24-22-20-18-16-14-12-10-8-6-4-2)49-72-61-60(70)58(68)56(66)53(76-61)50-73-62-59(69)57(67)55(65)52(47-63)75-62/h5,7,11,13,17,19,23,25,51-53,55-63,65-70H,3-4,6,8-10,12,14-16,18,20-22,24,26-50H2,1-2H3/b7-5-,13-11-,19-17-,25-23-. The lowest BCUT2D eigenvalue weighted by Crippen LogP contribution is -2.61. The van der Waals surface area contributed by atoms with E-state index in [1.807, 2.05) is 0 Å². The molecule has 0 aromatic heterocycles. The largest absolute Gasteiger partial charge is 0.457 e. The minimum atomic E-state index is -1.71. The first-order valence-electron chi connectivity index (χ1n) is 30.7. The van der Waals surface area contributed by atoms with Crippen molar-refractivity contribution in [3.8, 4) is 0 Å². The van der Waals surface area contributed by atoms with Crippen LogP contribution in [0.5, 0.6) is 0 Å². The number of rotatable bonds is 50. The summed E-state index contributed by atoms with van der Waals surface area (Å²) in [7, 11) is 0. The first-order chi connectivity index (χ1) is 37.1. The minimum Gasteiger partial charge on any atom is -0.457 e. The molecule has 2 saturated heterocycles. The summed E-state index contributed by atoms with van der Waals surface area (Å²) in [4.78, 5) is 13.1. The maximum absolute atomic E-state index is 13.1. The van der Waals surface area contributed by atoms with E-state index >= 15 is 0 Å². The maximum atomic E-state index is 13.1. The van der Waals surface area contributed by atoms with Gasteiger partial charge in [0.05, 0.1) is 26.4 Å². The zero-order valence-electron chi connectivity index (χ0n) is 47.7. The lowest BCUT2D eigenvalue weighted by atomic mass is 9.98. The summed E-state index contributed by atoms with van der Waals surface area (Å²) >= 11 is 0. The highest BCUT2D eigenvalue weighted by atomic mass is 16.7. The number of aliphatic hydroxyl groups is 7.